The predicted octanol–water partition coefficient (Wildman–Crippen LogP) is 2.36. The second-order valence-electron chi connectivity index (χ2n) is 4.33. The van der Waals surface area contributed by atoms with Crippen LogP contribution in [0.4, 0.5) is 16.0 Å². The van der Waals surface area contributed by atoms with Crippen molar-refractivity contribution < 1.29 is 9.13 Å². The highest BCUT2D eigenvalue weighted by Gasteiger charge is 2.09. The standard InChI is InChI=1S/C13H15FN4O/c1-8-6-11(9(14)7-10(8)15)19-12-4-5-16-13(17-12)18(2)3/h4-7H,15H2,1-3H3. The van der Waals surface area contributed by atoms with Crippen LogP contribution < -0.4 is 15.4 Å². The van der Waals surface area contributed by atoms with Crippen molar-refractivity contribution in [2.45, 2.75) is 6.92 Å². The number of hydrogen-bond acceptors (Lipinski definition) is 5. The molecule has 0 unspecified atom stereocenters. The molecule has 0 saturated carbocycles. The Morgan fingerprint density at radius 1 is 1.32 bits per heavy atom. The second-order valence-corrected chi connectivity index (χ2v) is 4.33. The summed E-state index contributed by atoms with van der Waals surface area (Å²) in [6.07, 6.45) is 1.56. The molecule has 0 aliphatic carbocycles. The van der Waals surface area contributed by atoms with Gasteiger partial charge in [-0.15, -0.1) is 0 Å². The first-order chi connectivity index (χ1) is 8.97. The molecule has 0 amide bonds. The van der Waals surface area contributed by atoms with Gasteiger partial charge in [0, 0.05) is 38.1 Å². The summed E-state index contributed by atoms with van der Waals surface area (Å²) in [5.74, 6) is 0.343. The molecule has 0 saturated heterocycles. The number of nitrogens with zero attached hydrogens (tertiary/aromatic N) is 3. The first-order valence-corrected chi connectivity index (χ1v) is 5.71. The summed E-state index contributed by atoms with van der Waals surface area (Å²) in [5, 5.41) is 0. The zero-order valence-electron chi connectivity index (χ0n) is 11.0. The highest BCUT2D eigenvalue weighted by Crippen LogP contribution is 2.27. The molecule has 1 aromatic heterocycles. The van der Waals surface area contributed by atoms with Crippen LogP contribution in [0.2, 0.25) is 0 Å². The molecule has 100 valence electrons. The lowest BCUT2D eigenvalue weighted by atomic mass is 10.2. The van der Waals surface area contributed by atoms with Crippen molar-refractivity contribution in [3.63, 3.8) is 0 Å². The van der Waals surface area contributed by atoms with E-state index < -0.39 is 5.82 Å². The summed E-state index contributed by atoms with van der Waals surface area (Å²) >= 11 is 0. The lowest BCUT2D eigenvalue weighted by Gasteiger charge is -2.12. The number of nitrogens with two attached hydrogens (primary N) is 1. The third-order valence-electron chi connectivity index (χ3n) is 2.55. The Bertz CT molecular complexity index is 601. The molecular weight excluding hydrogens is 247 g/mol. The quantitative estimate of drug-likeness (QED) is 0.860. The number of aryl methyl sites for hydroxylation is 1. The molecule has 0 bridgehead atoms. The highest BCUT2D eigenvalue weighted by atomic mass is 19.1. The summed E-state index contributed by atoms with van der Waals surface area (Å²) in [4.78, 5) is 9.94. The van der Waals surface area contributed by atoms with Crippen molar-refractivity contribution in [2.75, 3.05) is 24.7 Å². The van der Waals surface area contributed by atoms with Crippen molar-refractivity contribution >= 4 is 11.6 Å². The molecule has 19 heavy (non-hydrogen) atoms. The SMILES string of the molecule is Cc1cc(Oc2ccnc(N(C)C)n2)c(F)cc1N. The van der Waals surface area contributed by atoms with E-state index in [9.17, 15) is 4.39 Å². The van der Waals surface area contributed by atoms with Crippen molar-refractivity contribution in [3.05, 3.63) is 35.8 Å². The van der Waals surface area contributed by atoms with Gasteiger partial charge in [0.05, 0.1) is 0 Å². The summed E-state index contributed by atoms with van der Waals surface area (Å²) in [5.41, 5.74) is 6.76. The molecule has 0 atom stereocenters. The van der Waals surface area contributed by atoms with Crippen LogP contribution in [0.5, 0.6) is 11.6 Å². The molecule has 0 aliphatic rings. The van der Waals surface area contributed by atoms with Crippen LogP contribution in [-0.4, -0.2) is 24.1 Å². The van der Waals surface area contributed by atoms with Gasteiger partial charge >= 0.3 is 0 Å². The Morgan fingerprint density at radius 2 is 2.05 bits per heavy atom. The summed E-state index contributed by atoms with van der Waals surface area (Å²) in [7, 11) is 3.63. The third-order valence-corrected chi connectivity index (χ3v) is 2.55. The van der Waals surface area contributed by atoms with Crippen LogP contribution in [0, 0.1) is 12.7 Å². The largest absolute Gasteiger partial charge is 0.436 e. The molecule has 0 spiro atoms. The number of hydrogen-bond donors (Lipinski definition) is 1. The van der Waals surface area contributed by atoms with Crippen LogP contribution in [0.25, 0.3) is 0 Å². The van der Waals surface area contributed by atoms with Gasteiger partial charge < -0.3 is 15.4 Å². The van der Waals surface area contributed by atoms with Crippen molar-refractivity contribution in [2.24, 2.45) is 0 Å². The van der Waals surface area contributed by atoms with Crippen LogP contribution in [0.15, 0.2) is 24.4 Å². The molecular formula is C13H15FN4O. The van der Waals surface area contributed by atoms with Crippen molar-refractivity contribution in [3.8, 4) is 11.6 Å². The van der Waals surface area contributed by atoms with E-state index >= 15 is 0 Å². The number of halogens is 1. The Kier molecular flexibility index (Phi) is 3.50. The Labute approximate surface area is 110 Å². The van der Waals surface area contributed by atoms with Crippen LogP contribution in [-0.2, 0) is 0 Å². The number of ether oxygens (including phenoxy) is 1. The van der Waals surface area contributed by atoms with E-state index in [4.69, 9.17) is 10.5 Å². The first-order valence-electron chi connectivity index (χ1n) is 5.71. The second kappa shape index (κ2) is 5.09. The van der Waals surface area contributed by atoms with Gasteiger partial charge in [-0.05, 0) is 18.6 Å². The maximum absolute atomic E-state index is 13.7. The van der Waals surface area contributed by atoms with E-state index in [-0.39, 0.29) is 11.6 Å². The fourth-order valence-corrected chi connectivity index (χ4v) is 1.47. The number of benzene rings is 1. The normalized spacial score (nSPS) is 10.3. The van der Waals surface area contributed by atoms with Crippen molar-refractivity contribution in [1.82, 2.24) is 9.97 Å². The Morgan fingerprint density at radius 3 is 2.74 bits per heavy atom. The smallest absolute Gasteiger partial charge is 0.228 e. The minimum Gasteiger partial charge on any atom is -0.436 e. The minimum absolute atomic E-state index is 0.0927. The molecule has 2 aromatic rings. The molecule has 5 nitrogen and oxygen atoms in total. The lowest BCUT2D eigenvalue weighted by molar-refractivity contribution is 0.426. The molecule has 0 aliphatic heterocycles. The number of rotatable bonds is 3. The average Bonchev–Trinajstić information content (AvgIpc) is 2.36. The molecule has 2 N–H and O–H groups in total. The van der Waals surface area contributed by atoms with E-state index in [1.165, 1.54) is 6.07 Å². The molecule has 1 heterocycles. The van der Waals surface area contributed by atoms with E-state index in [1.807, 2.05) is 14.1 Å². The fraction of sp³-hybridized carbons (Fsp3) is 0.231. The monoisotopic (exact) mass is 262 g/mol. The molecule has 0 fully saturated rings. The van der Waals surface area contributed by atoms with Gasteiger partial charge in [0.2, 0.25) is 11.8 Å². The third kappa shape index (κ3) is 2.90. The van der Waals surface area contributed by atoms with Gasteiger partial charge in [-0.3, -0.25) is 0 Å². The van der Waals surface area contributed by atoms with Crippen molar-refractivity contribution in [1.29, 1.82) is 0 Å². The van der Waals surface area contributed by atoms with Gasteiger partial charge in [0.25, 0.3) is 0 Å². The summed E-state index contributed by atoms with van der Waals surface area (Å²) in [6.45, 7) is 1.78. The maximum Gasteiger partial charge on any atom is 0.228 e. The number of aromatic nitrogens is 2. The van der Waals surface area contributed by atoms with Crippen LogP contribution in [0.3, 0.4) is 0 Å². The number of nitrogen functional groups attached to an aromatic ring is 1. The van der Waals surface area contributed by atoms with Gasteiger partial charge in [-0.25, -0.2) is 9.37 Å². The minimum atomic E-state index is -0.520. The van der Waals surface area contributed by atoms with E-state index in [0.717, 1.165) is 5.56 Å². The van der Waals surface area contributed by atoms with Gasteiger partial charge in [-0.1, -0.05) is 0 Å². The predicted molar refractivity (Wildman–Crippen MR) is 72.0 cm³/mol. The van der Waals surface area contributed by atoms with E-state index in [2.05, 4.69) is 9.97 Å². The first kappa shape index (κ1) is 13.1. The Hall–Kier alpha value is -2.37. The molecule has 0 radical (unpaired) electrons. The summed E-state index contributed by atoms with van der Waals surface area (Å²) < 4.78 is 19.1. The molecule has 2 rings (SSSR count). The highest BCUT2D eigenvalue weighted by molar-refractivity contribution is 5.51. The van der Waals surface area contributed by atoms with Gasteiger partial charge in [0.1, 0.15) is 0 Å². The zero-order chi connectivity index (χ0) is 14.0. The van der Waals surface area contributed by atoms with E-state index in [1.54, 1.807) is 30.2 Å². The fourth-order valence-electron chi connectivity index (χ4n) is 1.47. The van der Waals surface area contributed by atoms with Gasteiger partial charge in [-0.2, -0.15) is 4.98 Å². The van der Waals surface area contributed by atoms with Crippen LogP contribution in [0.1, 0.15) is 5.56 Å². The molecule has 6 heteroatoms. The average molecular weight is 262 g/mol. The lowest BCUT2D eigenvalue weighted by Crippen LogP contribution is -2.12. The number of anilines is 2. The topological polar surface area (TPSA) is 64.3 Å². The Balaban J connectivity index is 2.31. The van der Waals surface area contributed by atoms with E-state index in [0.29, 0.717) is 11.6 Å². The molecule has 1 aromatic carbocycles. The van der Waals surface area contributed by atoms with Gasteiger partial charge in [0.15, 0.2) is 11.6 Å². The maximum atomic E-state index is 13.7. The summed E-state index contributed by atoms with van der Waals surface area (Å²) in [6, 6.07) is 4.35. The zero-order valence-corrected chi connectivity index (χ0v) is 11.0. The van der Waals surface area contributed by atoms with Crippen LogP contribution >= 0.6 is 0 Å².